The third kappa shape index (κ3) is 3.92. The van der Waals surface area contributed by atoms with Crippen molar-refractivity contribution in [3.63, 3.8) is 0 Å². The number of hydrogen-bond acceptors (Lipinski definition) is 4. The molecule has 2 N–H and O–H groups in total. The molecule has 0 spiro atoms. The van der Waals surface area contributed by atoms with Crippen LogP contribution >= 0.6 is 0 Å². The Bertz CT molecular complexity index is 625. The number of aliphatic hydroxyl groups is 1. The fourth-order valence-corrected chi connectivity index (χ4v) is 3.32. The van der Waals surface area contributed by atoms with Gasteiger partial charge in [-0.2, -0.15) is 5.10 Å². The van der Waals surface area contributed by atoms with E-state index in [1.54, 1.807) is 0 Å². The maximum Gasteiger partial charge on any atom is 0.126 e. The molecule has 124 valence electrons. The number of aromatic nitrogens is 2. The average molecular weight is 314 g/mol. The number of nitrogens with one attached hydrogen (secondary N) is 1. The first-order valence-corrected chi connectivity index (χ1v) is 8.35. The molecule has 3 rings (SSSR count). The number of hydrogen-bond donors (Lipinski definition) is 2. The number of piperidine rings is 1. The molecular formula is C18H26N4O. The van der Waals surface area contributed by atoms with Gasteiger partial charge in [0.2, 0.25) is 0 Å². The Morgan fingerprint density at radius 2 is 2.13 bits per heavy atom. The summed E-state index contributed by atoms with van der Waals surface area (Å²) in [6, 6.07) is 12.4. The van der Waals surface area contributed by atoms with Crippen molar-refractivity contribution < 1.29 is 5.11 Å². The molecule has 2 atom stereocenters. The second-order valence-electron chi connectivity index (χ2n) is 6.39. The van der Waals surface area contributed by atoms with Gasteiger partial charge in [0.1, 0.15) is 5.82 Å². The number of nitrogens with zero attached hydrogens (tertiary/aromatic N) is 3. The highest BCUT2D eigenvalue weighted by atomic mass is 16.3. The fraction of sp³-hybridized carbons (Fsp3) is 0.500. The van der Waals surface area contributed by atoms with Crippen LogP contribution in [-0.2, 0) is 7.05 Å². The first-order chi connectivity index (χ1) is 11.1. The summed E-state index contributed by atoms with van der Waals surface area (Å²) in [5, 5.41) is 18.3. The van der Waals surface area contributed by atoms with Crippen molar-refractivity contribution in [1.82, 2.24) is 15.1 Å². The van der Waals surface area contributed by atoms with E-state index >= 15 is 0 Å². The lowest BCUT2D eigenvalue weighted by Crippen LogP contribution is -2.47. The molecule has 1 saturated heterocycles. The second-order valence-corrected chi connectivity index (χ2v) is 6.39. The van der Waals surface area contributed by atoms with E-state index in [4.69, 9.17) is 0 Å². The summed E-state index contributed by atoms with van der Waals surface area (Å²) in [6.45, 7) is 4.64. The zero-order chi connectivity index (χ0) is 16.2. The molecule has 0 bridgehead atoms. The quantitative estimate of drug-likeness (QED) is 0.886. The Labute approximate surface area is 137 Å². The highest BCUT2D eigenvalue weighted by Gasteiger charge is 2.22. The van der Waals surface area contributed by atoms with Gasteiger partial charge in [-0.3, -0.25) is 4.68 Å². The molecule has 1 aliphatic rings. The molecule has 2 heterocycles. The summed E-state index contributed by atoms with van der Waals surface area (Å²) in [5.74, 6) is 1.18. The third-order valence-electron chi connectivity index (χ3n) is 4.51. The molecule has 2 aromatic rings. The van der Waals surface area contributed by atoms with Crippen LogP contribution in [0.5, 0.6) is 0 Å². The molecule has 5 nitrogen and oxygen atoms in total. The van der Waals surface area contributed by atoms with Gasteiger partial charge in [-0.1, -0.05) is 30.3 Å². The van der Waals surface area contributed by atoms with E-state index in [2.05, 4.69) is 21.4 Å². The zero-order valence-electron chi connectivity index (χ0n) is 13.9. The van der Waals surface area contributed by atoms with E-state index in [-0.39, 0.29) is 0 Å². The number of aryl methyl sites for hydroxylation is 2. The maximum atomic E-state index is 10.3. The van der Waals surface area contributed by atoms with Crippen molar-refractivity contribution in [2.75, 3.05) is 24.5 Å². The van der Waals surface area contributed by atoms with Crippen molar-refractivity contribution in [3.8, 4) is 0 Å². The van der Waals surface area contributed by atoms with Gasteiger partial charge in [0.25, 0.3) is 0 Å². The predicted molar refractivity (Wildman–Crippen MR) is 92.6 cm³/mol. The Morgan fingerprint density at radius 3 is 2.83 bits per heavy atom. The summed E-state index contributed by atoms with van der Waals surface area (Å²) in [7, 11) is 2.00. The molecule has 0 amide bonds. The highest BCUT2D eigenvalue weighted by Crippen LogP contribution is 2.21. The van der Waals surface area contributed by atoms with E-state index < -0.39 is 6.10 Å². The first-order valence-electron chi connectivity index (χ1n) is 8.35. The Kier molecular flexibility index (Phi) is 4.98. The minimum absolute atomic E-state index is 0.400. The Hall–Kier alpha value is -1.85. The van der Waals surface area contributed by atoms with E-state index in [0.29, 0.717) is 12.6 Å². The standard InChI is InChI=1S/C18H26N4O/c1-14-11-18(21(2)20-14)22-10-6-9-16(13-22)19-12-17(23)15-7-4-3-5-8-15/h3-5,7-8,11,16-17,19,23H,6,9-10,12-13H2,1-2H3/t16?,17-/m1/s1. The summed E-state index contributed by atoms with van der Waals surface area (Å²) in [5.41, 5.74) is 2.02. The Balaban J connectivity index is 1.56. The van der Waals surface area contributed by atoms with Crippen molar-refractivity contribution in [2.45, 2.75) is 31.9 Å². The van der Waals surface area contributed by atoms with Gasteiger partial charge >= 0.3 is 0 Å². The fourth-order valence-electron chi connectivity index (χ4n) is 3.32. The zero-order valence-corrected chi connectivity index (χ0v) is 13.9. The summed E-state index contributed by atoms with van der Waals surface area (Å²) >= 11 is 0. The lowest BCUT2D eigenvalue weighted by atomic mass is 10.0. The van der Waals surface area contributed by atoms with E-state index in [1.807, 2.05) is 49.0 Å². The summed E-state index contributed by atoms with van der Waals surface area (Å²) in [4.78, 5) is 2.38. The topological polar surface area (TPSA) is 53.3 Å². The van der Waals surface area contributed by atoms with Crippen LogP contribution < -0.4 is 10.2 Å². The van der Waals surface area contributed by atoms with Crippen LogP contribution in [0.15, 0.2) is 36.4 Å². The molecule has 1 aromatic carbocycles. The number of aliphatic hydroxyl groups excluding tert-OH is 1. The molecule has 0 aliphatic carbocycles. The highest BCUT2D eigenvalue weighted by molar-refractivity contribution is 5.41. The van der Waals surface area contributed by atoms with Gasteiger partial charge in [-0.15, -0.1) is 0 Å². The lowest BCUT2D eigenvalue weighted by molar-refractivity contribution is 0.168. The number of anilines is 1. The molecule has 1 aliphatic heterocycles. The molecule has 5 heteroatoms. The minimum atomic E-state index is -0.453. The molecule has 0 saturated carbocycles. The predicted octanol–water partition coefficient (Wildman–Crippen LogP) is 2.02. The van der Waals surface area contributed by atoms with Gasteiger partial charge < -0.3 is 15.3 Å². The molecule has 1 unspecified atom stereocenters. The van der Waals surface area contributed by atoms with Crippen LogP contribution in [0.3, 0.4) is 0 Å². The number of rotatable bonds is 5. The van der Waals surface area contributed by atoms with Crippen molar-refractivity contribution in [1.29, 1.82) is 0 Å². The summed E-state index contributed by atoms with van der Waals surface area (Å²) < 4.78 is 1.95. The van der Waals surface area contributed by atoms with Gasteiger partial charge in [-0.25, -0.2) is 0 Å². The molecule has 1 aromatic heterocycles. The van der Waals surface area contributed by atoms with E-state index in [0.717, 1.165) is 37.2 Å². The van der Waals surface area contributed by atoms with Crippen LogP contribution in [0.25, 0.3) is 0 Å². The van der Waals surface area contributed by atoms with E-state index in [1.165, 1.54) is 5.82 Å². The largest absolute Gasteiger partial charge is 0.387 e. The maximum absolute atomic E-state index is 10.3. The molecule has 0 radical (unpaired) electrons. The normalized spacial score (nSPS) is 19.8. The molecular weight excluding hydrogens is 288 g/mol. The number of benzene rings is 1. The second kappa shape index (κ2) is 7.15. The van der Waals surface area contributed by atoms with Crippen LogP contribution in [0, 0.1) is 6.92 Å². The molecule has 1 fully saturated rings. The average Bonchev–Trinajstić information content (AvgIpc) is 2.92. The van der Waals surface area contributed by atoms with Gasteiger partial charge in [-0.05, 0) is 25.3 Å². The lowest BCUT2D eigenvalue weighted by Gasteiger charge is -2.35. The first kappa shape index (κ1) is 16.0. The van der Waals surface area contributed by atoms with Crippen LogP contribution in [0.1, 0.15) is 30.2 Å². The van der Waals surface area contributed by atoms with Crippen molar-refractivity contribution in [2.24, 2.45) is 7.05 Å². The Morgan fingerprint density at radius 1 is 1.35 bits per heavy atom. The van der Waals surface area contributed by atoms with Crippen LogP contribution in [-0.4, -0.2) is 40.6 Å². The smallest absolute Gasteiger partial charge is 0.126 e. The van der Waals surface area contributed by atoms with Crippen LogP contribution in [0.4, 0.5) is 5.82 Å². The minimum Gasteiger partial charge on any atom is -0.387 e. The van der Waals surface area contributed by atoms with Crippen LogP contribution in [0.2, 0.25) is 0 Å². The summed E-state index contributed by atoms with van der Waals surface area (Å²) in [6.07, 6.45) is 1.85. The van der Waals surface area contributed by atoms with E-state index in [9.17, 15) is 5.11 Å². The molecule has 23 heavy (non-hydrogen) atoms. The monoisotopic (exact) mass is 314 g/mol. The SMILES string of the molecule is Cc1cc(N2CCCC(NC[C@@H](O)c3ccccc3)C2)n(C)n1. The van der Waals surface area contributed by atoms with Gasteiger partial charge in [0, 0.05) is 38.8 Å². The van der Waals surface area contributed by atoms with Gasteiger partial charge in [0.05, 0.1) is 11.8 Å². The van der Waals surface area contributed by atoms with Crippen molar-refractivity contribution in [3.05, 3.63) is 47.7 Å². The van der Waals surface area contributed by atoms with Crippen molar-refractivity contribution >= 4 is 5.82 Å². The third-order valence-corrected chi connectivity index (χ3v) is 4.51. The van der Waals surface area contributed by atoms with Gasteiger partial charge in [0.15, 0.2) is 0 Å².